The number of hydrogen-bond donors (Lipinski definition) is 2. The summed E-state index contributed by atoms with van der Waals surface area (Å²) in [6.07, 6.45) is -0.473. The SMILES string of the molecule is CN1CCN(CC(O)c2ccc(O)cc2)CC1. The fraction of sp³-hybridized carbons (Fsp3) is 0.538. The Morgan fingerprint density at radius 1 is 1.12 bits per heavy atom. The monoisotopic (exact) mass is 236 g/mol. The van der Waals surface area contributed by atoms with Gasteiger partial charge in [-0.2, -0.15) is 0 Å². The topological polar surface area (TPSA) is 46.9 Å². The molecule has 1 aliphatic heterocycles. The largest absolute Gasteiger partial charge is 0.508 e. The number of hydrogen-bond acceptors (Lipinski definition) is 4. The fourth-order valence-corrected chi connectivity index (χ4v) is 2.08. The standard InChI is InChI=1S/C13H20N2O2/c1-14-6-8-15(9-7-14)10-13(17)11-2-4-12(16)5-3-11/h2-5,13,16-17H,6-10H2,1H3. The molecule has 4 nitrogen and oxygen atoms in total. The zero-order valence-electron chi connectivity index (χ0n) is 10.2. The highest BCUT2D eigenvalue weighted by molar-refractivity contribution is 5.27. The van der Waals surface area contributed by atoms with Crippen LogP contribution in [0.2, 0.25) is 0 Å². The van der Waals surface area contributed by atoms with E-state index in [-0.39, 0.29) is 5.75 Å². The maximum Gasteiger partial charge on any atom is 0.115 e. The van der Waals surface area contributed by atoms with Crippen molar-refractivity contribution in [1.82, 2.24) is 9.80 Å². The van der Waals surface area contributed by atoms with Crippen molar-refractivity contribution >= 4 is 0 Å². The molecule has 17 heavy (non-hydrogen) atoms. The third-order valence-electron chi connectivity index (χ3n) is 3.30. The summed E-state index contributed by atoms with van der Waals surface area (Å²) < 4.78 is 0. The summed E-state index contributed by atoms with van der Waals surface area (Å²) in [5.41, 5.74) is 0.863. The summed E-state index contributed by atoms with van der Waals surface area (Å²) in [7, 11) is 2.12. The molecule has 0 saturated carbocycles. The molecule has 1 unspecified atom stereocenters. The van der Waals surface area contributed by atoms with Crippen LogP contribution in [0.15, 0.2) is 24.3 Å². The Labute approximate surface area is 102 Å². The van der Waals surface area contributed by atoms with E-state index in [1.165, 1.54) is 0 Å². The van der Waals surface area contributed by atoms with Crippen molar-refractivity contribution in [3.05, 3.63) is 29.8 Å². The van der Waals surface area contributed by atoms with Crippen LogP contribution in [0.3, 0.4) is 0 Å². The molecular formula is C13H20N2O2. The predicted octanol–water partition coefficient (Wildman–Crippen LogP) is 0.673. The van der Waals surface area contributed by atoms with Crippen molar-refractivity contribution in [2.24, 2.45) is 0 Å². The lowest BCUT2D eigenvalue weighted by molar-refractivity contribution is 0.0805. The molecule has 2 rings (SSSR count). The number of piperazine rings is 1. The molecular weight excluding hydrogens is 216 g/mol. The second kappa shape index (κ2) is 5.49. The molecule has 1 aliphatic rings. The van der Waals surface area contributed by atoms with Crippen molar-refractivity contribution in [2.75, 3.05) is 39.8 Å². The quantitative estimate of drug-likeness (QED) is 0.810. The minimum atomic E-state index is -0.473. The lowest BCUT2D eigenvalue weighted by Gasteiger charge is -2.33. The van der Waals surface area contributed by atoms with Crippen molar-refractivity contribution in [3.63, 3.8) is 0 Å². The van der Waals surface area contributed by atoms with Gasteiger partial charge in [-0.1, -0.05) is 12.1 Å². The average Bonchev–Trinajstić information content (AvgIpc) is 2.33. The molecule has 2 N–H and O–H groups in total. The Hall–Kier alpha value is -1.10. The summed E-state index contributed by atoms with van der Waals surface area (Å²) in [5.74, 6) is 0.237. The van der Waals surface area contributed by atoms with Gasteiger partial charge in [-0.15, -0.1) is 0 Å². The van der Waals surface area contributed by atoms with Crippen LogP contribution < -0.4 is 0 Å². The number of aliphatic hydroxyl groups excluding tert-OH is 1. The normalized spacial score (nSPS) is 20.4. The molecule has 0 amide bonds. The summed E-state index contributed by atoms with van der Waals surface area (Å²) in [5, 5.41) is 19.3. The van der Waals surface area contributed by atoms with Gasteiger partial charge in [-0.3, -0.25) is 4.90 Å². The molecule has 94 valence electrons. The summed E-state index contributed by atoms with van der Waals surface area (Å²) in [6.45, 7) is 4.79. The summed E-state index contributed by atoms with van der Waals surface area (Å²) in [4.78, 5) is 4.57. The van der Waals surface area contributed by atoms with Crippen LogP contribution in [0, 0.1) is 0 Å². The van der Waals surface area contributed by atoms with Crippen LogP contribution in [-0.4, -0.2) is 59.8 Å². The molecule has 1 aromatic carbocycles. The van der Waals surface area contributed by atoms with Gasteiger partial charge in [0.05, 0.1) is 6.10 Å². The Balaban J connectivity index is 1.88. The van der Waals surface area contributed by atoms with Gasteiger partial charge in [-0.25, -0.2) is 0 Å². The number of phenols is 1. The van der Waals surface area contributed by atoms with Gasteiger partial charge in [0.2, 0.25) is 0 Å². The molecule has 0 aromatic heterocycles. The number of likely N-dealkylation sites (N-methyl/N-ethyl adjacent to an activating group) is 1. The van der Waals surface area contributed by atoms with E-state index >= 15 is 0 Å². The Morgan fingerprint density at radius 2 is 1.71 bits per heavy atom. The lowest BCUT2D eigenvalue weighted by atomic mass is 10.1. The van der Waals surface area contributed by atoms with E-state index in [9.17, 15) is 10.2 Å². The number of phenolic OH excluding ortho intramolecular Hbond substituents is 1. The Kier molecular flexibility index (Phi) is 3.99. The molecule has 4 heteroatoms. The van der Waals surface area contributed by atoms with Crippen molar-refractivity contribution in [2.45, 2.75) is 6.10 Å². The number of rotatable bonds is 3. The predicted molar refractivity (Wildman–Crippen MR) is 67.0 cm³/mol. The van der Waals surface area contributed by atoms with Gasteiger partial charge in [0, 0.05) is 32.7 Å². The van der Waals surface area contributed by atoms with Gasteiger partial charge in [0.15, 0.2) is 0 Å². The second-order valence-corrected chi connectivity index (χ2v) is 4.71. The second-order valence-electron chi connectivity index (χ2n) is 4.71. The molecule has 1 atom stereocenters. The van der Waals surface area contributed by atoms with Crippen LogP contribution in [-0.2, 0) is 0 Å². The van der Waals surface area contributed by atoms with Gasteiger partial charge < -0.3 is 15.1 Å². The summed E-state index contributed by atoms with van der Waals surface area (Å²) >= 11 is 0. The smallest absolute Gasteiger partial charge is 0.115 e. The Morgan fingerprint density at radius 3 is 2.29 bits per heavy atom. The molecule has 1 saturated heterocycles. The van der Waals surface area contributed by atoms with Crippen LogP contribution in [0.1, 0.15) is 11.7 Å². The van der Waals surface area contributed by atoms with Crippen molar-refractivity contribution in [3.8, 4) is 5.75 Å². The van der Waals surface area contributed by atoms with Crippen molar-refractivity contribution in [1.29, 1.82) is 0 Å². The Bertz CT molecular complexity index is 345. The highest BCUT2D eigenvalue weighted by Gasteiger charge is 2.17. The van der Waals surface area contributed by atoms with Crippen LogP contribution >= 0.6 is 0 Å². The molecule has 0 spiro atoms. The van der Waals surface area contributed by atoms with E-state index in [0.29, 0.717) is 6.54 Å². The maximum atomic E-state index is 10.1. The maximum absolute atomic E-state index is 10.1. The number of nitrogens with zero attached hydrogens (tertiary/aromatic N) is 2. The average molecular weight is 236 g/mol. The summed E-state index contributed by atoms with van der Waals surface area (Å²) in [6, 6.07) is 6.78. The highest BCUT2D eigenvalue weighted by Crippen LogP contribution is 2.18. The van der Waals surface area contributed by atoms with Crippen LogP contribution in [0.25, 0.3) is 0 Å². The first-order chi connectivity index (χ1) is 8.15. The highest BCUT2D eigenvalue weighted by atomic mass is 16.3. The molecule has 1 aromatic rings. The van der Waals surface area contributed by atoms with E-state index in [1.54, 1.807) is 24.3 Å². The minimum absolute atomic E-state index is 0.237. The molecule has 0 bridgehead atoms. The van der Waals surface area contributed by atoms with E-state index in [1.807, 2.05) is 0 Å². The van der Waals surface area contributed by atoms with E-state index in [0.717, 1.165) is 31.7 Å². The third-order valence-corrected chi connectivity index (χ3v) is 3.30. The van der Waals surface area contributed by atoms with E-state index in [2.05, 4.69) is 16.8 Å². The first-order valence-corrected chi connectivity index (χ1v) is 6.03. The van der Waals surface area contributed by atoms with Crippen molar-refractivity contribution < 1.29 is 10.2 Å². The minimum Gasteiger partial charge on any atom is -0.508 e. The lowest BCUT2D eigenvalue weighted by Crippen LogP contribution is -2.45. The zero-order valence-corrected chi connectivity index (χ0v) is 10.2. The number of aromatic hydroxyl groups is 1. The van der Waals surface area contributed by atoms with Crippen LogP contribution in [0.5, 0.6) is 5.75 Å². The molecule has 0 radical (unpaired) electrons. The molecule has 1 fully saturated rings. The van der Waals surface area contributed by atoms with Gasteiger partial charge >= 0.3 is 0 Å². The number of β-amino-alcohol motifs (C(OH)–C–C–N with tert-alkyl or cyclic N) is 1. The zero-order chi connectivity index (χ0) is 12.3. The van der Waals surface area contributed by atoms with E-state index < -0.39 is 6.10 Å². The first-order valence-electron chi connectivity index (χ1n) is 6.03. The number of benzene rings is 1. The molecule has 0 aliphatic carbocycles. The van der Waals surface area contributed by atoms with Gasteiger partial charge in [0.1, 0.15) is 5.75 Å². The van der Waals surface area contributed by atoms with E-state index in [4.69, 9.17) is 0 Å². The van der Waals surface area contributed by atoms with Crippen LogP contribution in [0.4, 0.5) is 0 Å². The molecule has 1 heterocycles. The van der Waals surface area contributed by atoms with Gasteiger partial charge in [0.25, 0.3) is 0 Å². The third kappa shape index (κ3) is 3.43. The fourth-order valence-electron chi connectivity index (χ4n) is 2.08. The van der Waals surface area contributed by atoms with Gasteiger partial charge in [-0.05, 0) is 24.7 Å². The first kappa shape index (κ1) is 12.4. The number of aliphatic hydroxyl groups is 1.